The van der Waals surface area contributed by atoms with E-state index in [1.807, 2.05) is 16.7 Å². The number of nitrogen functional groups attached to an aromatic ring is 1. The molecule has 36 heavy (non-hydrogen) atoms. The molecule has 3 aromatic rings. The fourth-order valence-corrected chi connectivity index (χ4v) is 5.74. The third kappa shape index (κ3) is 5.06. The molecule has 1 aliphatic heterocycles. The number of carboxylic acid groups (broad SMARTS) is 1. The van der Waals surface area contributed by atoms with Gasteiger partial charge in [-0.1, -0.05) is 30.4 Å². The largest absolute Gasteiger partial charge is 0.480 e. The minimum atomic E-state index is -3.97. The van der Waals surface area contributed by atoms with Crippen molar-refractivity contribution in [2.45, 2.75) is 31.8 Å². The number of fused-ring (bicyclic) bond motifs is 1. The van der Waals surface area contributed by atoms with Gasteiger partial charge in [0.2, 0.25) is 5.95 Å². The number of anilines is 2. The molecule has 5 rings (SSSR count). The second-order valence-corrected chi connectivity index (χ2v) is 10.6. The summed E-state index contributed by atoms with van der Waals surface area (Å²) in [5, 5.41) is 11.8. The maximum absolute atomic E-state index is 13.4. The number of nitrogens with one attached hydrogen (secondary N) is 1. The monoisotopic (exact) mass is 513 g/mol. The second-order valence-electron chi connectivity index (χ2n) is 8.90. The van der Waals surface area contributed by atoms with Crippen molar-refractivity contribution in [2.75, 3.05) is 30.3 Å². The molecular formula is C23H28N7O5P. The molecule has 1 aromatic carbocycles. The zero-order valence-corrected chi connectivity index (χ0v) is 20.6. The van der Waals surface area contributed by atoms with Gasteiger partial charge in [0.05, 0.1) is 19.0 Å². The van der Waals surface area contributed by atoms with Gasteiger partial charge in [-0.25, -0.2) is 9.55 Å². The highest BCUT2D eigenvalue weighted by molar-refractivity contribution is 7.52. The molecule has 0 amide bonds. The Hall–Kier alpha value is -3.47. The molecule has 12 nitrogen and oxygen atoms in total. The quantitative estimate of drug-likeness (QED) is 0.270. The summed E-state index contributed by atoms with van der Waals surface area (Å²) in [6, 6.07) is 7.31. The average molecular weight is 513 g/mol. The van der Waals surface area contributed by atoms with Crippen LogP contribution in [-0.4, -0.2) is 56.3 Å². The number of carboxylic acids is 1. The smallest absolute Gasteiger partial charge is 0.459 e. The maximum atomic E-state index is 13.4. The number of imidazole rings is 1. The van der Waals surface area contributed by atoms with Gasteiger partial charge in [0.25, 0.3) is 0 Å². The van der Waals surface area contributed by atoms with Crippen LogP contribution in [-0.2, 0) is 13.9 Å². The van der Waals surface area contributed by atoms with Crippen molar-refractivity contribution in [1.29, 1.82) is 0 Å². The van der Waals surface area contributed by atoms with E-state index in [4.69, 9.17) is 14.8 Å². The molecule has 4 atom stereocenters. The zero-order chi connectivity index (χ0) is 25.3. The van der Waals surface area contributed by atoms with Crippen LogP contribution in [0.2, 0.25) is 0 Å². The van der Waals surface area contributed by atoms with Crippen molar-refractivity contribution < 1.29 is 23.5 Å². The number of rotatable bonds is 10. The van der Waals surface area contributed by atoms with Crippen molar-refractivity contribution >= 4 is 36.6 Å². The highest BCUT2D eigenvalue weighted by atomic mass is 31.2. The summed E-state index contributed by atoms with van der Waals surface area (Å²) in [6.45, 7) is 3.28. The van der Waals surface area contributed by atoms with Crippen molar-refractivity contribution in [3.05, 3.63) is 48.8 Å². The molecule has 0 bridgehead atoms. The lowest BCUT2D eigenvalue weighted by Gasteiger charge is -2.32. The molecule has 1 unspecified atom stereocenters. The van der Waals surface area contributed by atoms with Crippen molar-refractivity contribution in [1.82, 2.24) is 24.6 Å². The van der Waals surface area contributed by atoms with Gasteiger partial charge < -0.3 is 24.8 Å². The molecule has 190 valence electrons. The first kappa shape index (κ1) is 24.2. The molecule has 2 aliphatic rings. The van der Waals surface area contributed by atoms with Gasteiger partial charge in [-0.2, -0.15) is 15.1 Å². The molecule has 0 saturated carbocycles. The molecule has 0 spiro atoms. The van der Waals surface area contributed by atoms with Gasteiger partial charge in [-0.05, 0) is 31.9 Å². The normalized spacial score (nSPS) is 21.8. The van der Waals surface area contributed by atoms with Gasteiger partial charge in [-0.15, -0.1) is 0 Å². The molecular weight excluding hydrogens is 485 g/mol. The van der Waals surface area contributed by atoms with Crippen LogP contribution in [0, 0.1) is 5.92 Å². The van der Waals surface area contributed by atoms with Crippen LogP contribution < -0.4 is 20.2 Å². The number of benzene rings is 1. The minimum absolute atomic E-state index is 0.0533. The Morgan fingerprint density at radius 3 is 2.75 bits per heavy atom. The van der Waals surface area contributed by atoms with Gasteiger partial charge in [0.1, 0.15) is 11.8 Å². The first-order chi connectivity index (χ1) is 17.3. The van der Waals surface area contributed by atoms with E-state index in [-0.39, 0.29) is 24.5 Å². The lowest BCUT2D eigenvalue weighted by molar-refractivity contribution is -0.138. The topological polar surface area (TPSA) is 158 Å². The Labute approximate surface area is 207 Å². The van der Waals surface area contributed by atoms with Crippen LogP contribution in [0.5, 0.6) is 5.75 Å². The standard InChI is InChI=1S/C23H28N7O5P/c1-15(22(31)32)28-36(33,35-18-6-3-2-4-7-18)34-13-16-8-9-17(12-16)30-14-25-19-20(29-10-5-11-29)26-23(24)27-21(19)30/h2-4,6-9,14-17H,5,10-13H2,1H3,(H,28,33)(H,31,32)(H2,24,26,27)/t15-,16+,17-,36?/m0/s1. The summed E-state index contributed by atoms with van der Waals surface area (Å²) in [4.78, 5) is 26.9. The van der Waals surface area contributed by atoms with Crippen LogP contribution in [0.15, 0.2) is 48.8 Å². The summed E-state index contributed by atoms with van der Waals surface area (Å²) in [5.41, 5.74) is 7.37. The third-order valence-electron chi connectivity index (χ3n) is 6.23. The van der Waals surface area contributed by atoms with E-state index in [1.54, 1.807) is 36.7 Å². The summed E-state index contributed by atoms with van der Waals surface area (Å²) in [7, 11) is -3.97. The molecule has 1 fully saturated rings. The fraction of sp³-hybridized carbons (Fsp3) is 0.391. The Bertz CT molecular complexity index is 1330. The van der Waals surface area contributed by atoms with Crippen LogP contribution >= 0.6 is 7.75 Å². The minimum Gasteiger partial charge on any atom is -0.480 e. The summed E-state index contributed by atoms with van der Waals surface area (Å²) in [5.74, 6) is 0.0109. The lowest BCUT2D eigenvalue weighted by Crippen LogP contribution is -2.38. The van der Waals surface area contributed by atoms with Crippen LogP contribution in [0.3, 0.4) is 0 Å². The van der Waals surface area contributed by atoms with Gasteiger partial charge >= 0.3 is 13.7 Å². The van der Waals surface area contributed by atoms with Crippen LogP contribution in [0.4, 0.5) is 11.8 Å². The predicted octanol–water partition coefficient (Wildman–Crippen LogP) is 3.00. The predicted molar refractivity (Wildman–Crippen MR) is 134 cm³/mol. The Kier molecular flexibility index (Phi) is 6.65. The van der Waals surface area contributed by atoms with E-state index in [0.717, 1.165) is 25.3 Å². The Balaban J connectivity index is 1.28. The molecule has 2 aromatic heterocycles. The SMILES string of the molecule is C[C@H](NP(=O)(OC[C@@H]1C=C[C@H](n2cnc3c(N4CCC4)nc(N)nc32)C1)Oc1ccccc1)C(=O)O. The summed E-state index contributed by atoms with van der Waals surface area (Å²) < 4.78 is 26.7. The second kappa shape index (κ2) is 9.88. The fourth-order valence-electron chi connectivity index (χ4n) is 4.19. The lowest BCUT2D eigenvalue weighted by atomic mass is 10.1. The highest BCUT2D eigenvalue weighted by Crippen LogP contribution is 2.46. The average Bonchev–Trinajstić information content (AvgIpc) is 3.44. The van der Waals surface area contributed by atoms with Crippen molar-refractivity contribution in [3.8, 4) is 5.75 Å². The molecule has 13 heteroatoms. The summed E-state index contributed by atoms with van der Waals surface area (Å²) >= 11 is 0. The van der Waals surface area contributed by atoms with Crippen molar-refractivity contribution in [3.63, 3.8) is 0 Å². The number of aliphatic carboxylic acids is 1. The number of nitrogens with two attached hydrogens (primary N) is 1. The third-order valence-corrected chi connectivity index (χ3v) is 7.88. The van der Waals surface area contributed by atoms with Gasteiger partial charge in [-0.3, -0.25) is 9.32 Å². The van der Waals surface area contributed by atoms with E-state index in [1.165, 1.54) is 6.92 Å². The highest BCUT2D eigenvalue weighted by Gasteiger charge is 2.33. The van der Waals surface area contributed by atoms with E-state index in [0.29, 0.717) is 23.3 Å². The van der Waals surface area contributed by atoms with Gasteiger partial charge in [0, 0.05) is 19.0 Å². The van der Waals surface area contributed by atoms with Crippen LogP contribution in [0.25, 0.3) is 11.2 Å². The first-order valence-corrected chi connectivity index (χ1v) is 13.3. The number of hydrogen-bond acceptors (Lipinski definition) is 9. The number of carbonyl (C=O) groups is 1. The number of hydrogen-bond donors (Lipinski definition) is 3. The zero-order valence-electron chi connectivity index (χ0n) is 19.7. The molecule has 1 saturated heterocycles. The van der Waals surface area contributed by atoms with Gasteiger partial charge in [0.15, 0.2) is 17.0 Å². The van der Waals surface area contributed by atoms with E-state index < -0.39 is 19.8 Å². The Morgan fingerprint density at radius 1 is 1.28 bits per heavy atom. The van der Waals surface area contributed by atoms with Crippen LogP contribution in [0.1, 0.15) is 25.8 Å². The van der Waals surface area contributed by atoms with E-state index in [9.17, 15) is 14.5 Å². The van der Waals surface area contributed by atoms with E-state index in [2.05, 4.69) is 24.9 Å². The van der Waals surface area contributed by atoms with Crippen molar-refractivity contribution in [2.24, 2.45) is 5.92 Å². The number of aromatic nitrogens is 4. The molecule has 4 N–H and O–H groups in total. The molecule has 1 aliphatic carbocycles. The molecule has 3 heterocycles. The molecule has 0 radical (unpaired) electrons. The first-order valence-electron chi connectivity index (χ1n) is 11.7. The Morgan fingerprint density at radius 2 is 2.06 bits per heavy atom. The number of para-hydroxylation sites is 1. The summed E-state index contributed by atoms with van der Waals surface area (Å²) in [6.07, 6.45) is 7.49. The maximum Gasteiger partial charge on any atom is 0.459 e. The number of allylic oxidation sites excluding steroid dienone is 1. The number of nitrogens with zero attached hydrogens (tertiary/aromatic N) is 5. The van der Waals surface area contributed by atoms with E-state index >= 15 is 0 Å².